The molecule has 0 saturated heterocycles. The first-order valence-electron chi connectivity index (χ1n) is 5.13. The minimum atomic E-state index is 0.892. The van der Waals surface area contributed by atoms with Crippen LogP contribution in [0.4, 0.5) is 0 Å². The van der Waals surface area contributed by atoms with Crippen LogP contribution in [0.1, 0.15) is 0 Å². The maximum atomic E-state index is 4.01. The zero-order valence-corrected chi connectivity index (χ0v) is 11.5. The minimum absolute atomic E-state index is 0.892. The van der Waals surface area contributed by atoms with E-state index in [9.17, 15) is 0 Å². The van der Waals surface area contributed by atoms with Crippen molar-refractivity contribution in [2.24, 2.45) is 0 Å². The molecule has 0 spiro atoms. The topological polar surface area (TPSA) is 0 Å². The van der Waals surface area contributed by atoms with Gasteiger partial charge in [-0.3, -0.25) is 0 Å². The lowest BCUT2D eigenvalue weighted by Crippen LogP contribution is -1.81. The molecule has 0 unspecified atom stereocenters. The Bertz CT molecular complexity index is 415. The van der Waals surface area contributed by atoms with Crippen LogP contribution >= 0.6 is 15.9 Å². The summed E-state index contributed by atoms with van der Waals surface area (Å²) in [6.45, 7) is 14.9. The molecule has 0 aliphatic heterocycles. The molecule has 0 nitrogen and oxygen atoms in total. The Labute approximate surface area is 113 Å². The van der Waals surface area contributed by atoms with Crippen LogP contribution in [0.5, 0.6) is 0 Å². The van der Waals surface area contributed by atoms with E-state index in [-0.39, 0.29) is 0 Å². The Kier molecular flexibility index (Phi) is 8.71. The fourth-order valence-electron chi connectivity index (χ4n) is 1.03. The summed E-state index contributed by atoms with van der Waals surface area (Å²) in [4.78, 5) is 0. The fourth-order valence-corrected chi connectivity index (χ4v) is 1.46. The predicted molar refractivity (Wildman–Crippen MR) is 83.1 cm³/mol. The van der Waals surface area contributed by atoms with Gasteiger partial charge in [-0.25, -0.2) is 0 Å². The monoisotopic (exact) mass is 288 g/mol. The van der Waals surface area contributed by atoms with Gasteiger partial charge in [0.2, 0.25) is 0 Å². The molecule has 0 fully saturated rings. The van der Waals surface area contributed by atoms with E-state index in [0.717, 1.165) is 15.6 Å². The molecule has 0 bridgehead atoms. The van der Waals surface area contributed by atoms with Crippen LogP contribution < -0.4 is 0 Å². The molecule has 0 heterocycles. The number of halogens is 1. The Hall–Kier alpha value is -1.60. The van der Waals surface area contributed by atoms with Crippen molar-refractivity contribution in [2.75, 3.05) is 0 Å². The Balaban J connectivity index is 4.98. The van der Waals surface area contributed by atoms with Crippen molar-refractivity contribution in [3.63, 3.8) is 0 Å². The van der Waals surface area contributed by atoms with E-state index in [1.165, 1.54) is 0 Å². The van der Waals surface area contributed by atoms with E-state index in [4.69, 9.17) is 0 Å². The molecular weight excluding hydrogens is 272 g/mol. The zero-order valence-electron chi connectivity index (χ0n) is 9.90. The zero-order chi connectivity index (χ0) is 13.1. The molecular formula is C16H17Br. The van der Waals surface area contributed by atoms with Crippen molar-refractivity contribution >= 4 is 15.9 Å². The average Bonchev–Trinajstić information content (AvgIpc) is 2.31. The van der Waals surface area contributed by atoms with Gasteiger partial charge in [-0.1, -0.05) is 84.8 Å². The van der Waals surface area contributed by atoms with Gasteiger partial charge in [0, 0.05) is 4.48 Å². The van der Waals surface area contributed by atoms with Gasteiger partial charge in [0.25, 0.3) is 0 Å². The second kappa shape index (κ2) is 9.61. The molecule has 0 radical (unpaired) electrons. The van der Waals surface area contributed by atoms with Crippen LogP contribution in [-0.2, 0) is 0 Å². The molecule has 88 valence electrons. The van der Waals surface area contributed by atoms with E-state index < -0.39 is 0 Å². The van der Waals surface area contributed by atoms with E-state index in [0.29, 0.717) is 0 Å². The smallest absolute Gasteiger partial charge is 0.0181 e. The molecule has 0 aromatic rings. The number of hydrogen-bond donors (Lipinski definition) is 0. The highest BCUT2D eigenvalue weighted by Gasteiger charge is 1.95. The Morgan fingerprint density at radius 3 is 2.00 bits per heavy atom. The molecule has 0 rings (SSSR count). The van der Waals surface area contributed by atoms with Crippen LogP contribution in [0.3, 0.4) is 0 Å². The molecule has 0 N–H and O–H groups in total. The maximum absolute atomic E-state index is 4.01. The van der Waals surface area contributed by atoms with Gasteiger partial charge in [-0.15, -0.1) is 0 Å². The summed E-state index contributed by atoms with van der Waals surface area (Å²) < 4.78 is 0.935. The Morgan fingerprint density at radius 1 is 0.882 bits per heavy atom. The van der Waals surface area contributed by atoms with Crippen LogP contribution in [0.2, 0.25) is 0 Å². The molecule has 0 aromatic carbocycles. The highest BCUT2D eigenvalue weighted by molar-refractivity contribution is 9.11. The van der Waals surface area contributed by atoms with Crippen molar-refractivity contribution in [1.29, 1.82) is 0 Å². The fraction of sp³-hybridized carbons (Fsp3) is 0. The lowest BCUT2D eigenvalue weighted by Gasteiger charge is -2.01. The van der Waals surface area contributed by atoms with Gasteiger partial charge in [-0.05, 0) is 23.3 Å². The van der Waals surface area contributed by atoms with Crippen LogP contribution in [-0.4, -0.2) is 0 Å². The first-order chi connectivity index (χ1) is 8.15. The summed E-state index contributed by atoms with van der Waals surface area (Å²) in [5.41, 5.74) is 1.88. The maximum Gasteiger partial charge on any atom is 0.0181 e. The van der Waals surface area contributed by atoms with Gasteiger partial charge in [0.05, 0.1) is 0 Å². The van der Waals surface area contributed by atoms with Crippen molar-refractivity contribution in [1.82, 2.24) is 0 Å². The summed E-state index contributed by atoms with van der Waals surface area (Å²) in [6, 6.07) is 0. The average molecular weight is 289 g/mol. The summed E-state index contributed by atoms with van der Waals surface area (Å²) in [7, 11) is 0. The van der Waals surface area contributed by atoms with Crippen molar-refractivity contribution < 1.29 is 0 Å². The first-order valence-corrected chi connectivity index (χ1v) is 5.92. The molecule has 0 saturated carbocycles. The van der Waals surface area contributed by atoms with E-state index in [1.54, 1.807) is 18.2 Å². The highest BCUT2D eigenvalue weighted by atomic mass is 79.9. The second-order valence-electron chi connectivity index (χ2n) is 3.10. The lowest BCUT2D eigenvalue weighted by atomic mass is 10.1. The Morgan fingerprint density at radius 2 is 1.47 bits per heavy atom. The molecule has 0 aliphatic rings. The second-order valence-corrected chi connectivity index (χ2v) is 4.02. The van der Waals surface area contributed by atoms with E-state index >= 15 is 0 Å². The summed E-state index contributed by atoms with van der Waals surface area (Å²) in [6.07, 6.45) is 16.6. The van der Waals surface area contributed by atoms with Gasteiger partial charge >= 0.3 is 0 Å². The third kappa shape index (κ3) is 7.31. The van der Waals surface area contributed by atoms with E-state index in [1.807, 2.05) is 36.5 Å². The highest BCUT2D eigenvalue weighted by Crippen LogP contribution is 2.17. The minimum Gasteiger partial charge on any atom is -0.0991 e. The number of allylic oxidation sites excluding steroid dienone is 12. The van der Waals surface area contributed by atoms with Gasteiger partial charge in [-0.2, -0.15) is 0 Å². The quantitative estimate of drug-likeness (QED) is 0.549. The third-order valence-corrected chi connectivity index (χ3v) is 2.28. The van der Waals surface area contributed by atoms with Crippen LogP contribution in [0.15, 0.2) is 96.6 Å². The van der Waals surface area contributed by atoms with Crippen LogP contribution in [0, 0.1) is 0 Å². The van der Waals surface area contributed by atoms with Crippen molar-refractivity contribution in [3.05, 3.63) is 96.6 Å². The summed E-state index contributed by atoms with van der Waals surface area (Å²) in [5.74, 6) is 0. The van der Waals surface area contributed by atoms with Crippen molar-refractivity contribution in [3.8, 4) is 0 Å². The molecule has 0 aromatic heterocycles. The summed E-state index contributed by atoms with van der Waals surface area (Å²) >= 11 is 3.44. The SMILES string of the molecule is C=C/C=C\C(Br)=C/C(=C)C(/C=C\C=C)=C/C=C. The predicted octanol–water partition coefficient (Wildman–Crippen LogP) is 5.42. The van der Waals surface area contributed by atoms with Crippen molar-refractivity contribution in [2.45, 2.75) is 0 Å². The van der Waals surface area contributed by atoms with Gasteiger partial charge in [0.1, 0.15) is 0 Å². The normalized spacial score (nSPS) is 13.0. The molecule has 1 heteroatoms. The summed E-state index contributed by atoms with van der Waals surface area (Å²) in [5, 5.41) is 0. The number of hydrogen-bond acceptors (Lipinski definition) is 0. The van der Waals surface area contributed by atoms with Gasteiger partial charge < -0.3 is 0 Å². The molecule has 17 heavy (non-hydrogen) atoms. The molecule has 0 aliphatic carbocycles. The lowest BCUT2D eigenvalue weighted by molar-refractivity contribution is 1.56. The largest absolute Gasteiger partial charge is 0.0991 e. The molecule has 0 amide bonds. The van der Waals surface area contributed by atoms with Crippen LogP contribution in [0.25, 0.3) is 0 Å². The molecule has 0 atom stereocenters. The number of rotatable bonds is 7. The standard InChI is InChI=1S/C16H17Br/c1-5-8-11-15(10-7-3)14(4)13-16(17)12-9-6-2/h5-13H,1-4H2/b11-8-,12-9-,15-10+,16-13+. The first kappa shape index (κ1) is 15.4. The third-order valence-electron chi connectivity index (χ3n) is 1.78. The van der Waals surface area contributed by atoms with E-state index in [2.05, 4.69) is 42.2 Å². The van der Waals surface area contributed by atoms with Gasteiger partial charge in [0.15, 0.2) is 0 Å².